The van der Waals surface area contributed by atoms with Crippen molar-refractivity contribution >= 4 is 21.6 Å². The minimum Gasteiger partial charge on any atom is -0.478 e. The molecule has 0 aliphatic carbocycles. The van der Waals surface area contributed by atoms with Crippen LogP contribution < -0.4 is 14.8 Å². The fourth-order valence-corrected chi connectivity index (χ4v) is 2.49. The first-order chi connectivity index (χ1) is 8.71. The van der Waals surface area contributed by atoms with Crippen LogP contribution in [-0.4, -0.2) is 27.5 Å². The van der Waals surface area contributed by atoms with E-state index in [9.17, 15) is 13.2 Å². The van der Waals surface area contributed by atoms with E-state index in [1.165, 1.54) is 23.1 Å². The van der Waals surface area contributed by atoms with Crippen molar-refractivity contribution in [2.45, 2.75) is 24.8 Å². The van der Waals surface area contributed by atoms with Gasteiger partial charge < -0.3 is 9.64 Å². The number of hydrogen-bond donors (Lipinski definition) is 1. The fourth-order valence-electron chi connectivity index (χ4n) is 1.95. The third-order valence-electron chi connectivity index (χ3n) is 3.05. The molecule has 1 amide bonds. The van der Waals surface area contributed by atoms with Gasteiger partial charge in [0.05, 0.1) is 10.6 Å². The van der Waals surface area contributed by atoms with Crippen LogP contribution in [0.1, 0.15) is 13.8 Å². The molecule has 19 heavy (non-hydrogen) atoms. The van der Waals surface area contributed by atoms with Gasteiger partial charge in [0.25, 0.3) is 5.91 Å². The fraction of sp³-hybridized carbons (Fsp3) is 0.417. The first-order valence-electron chi connectivity index (χ1n) is 5.83. The quantitative estimate of drug-likeness (QED) is 0.866. The Balaban J connectivity index is 2.51. The van der Waals surface area contributed by atoms with Crippen molar-refractivity contribution in [2.75, 3.05) is 11.9 Å². The molecule has 1 unspecified atom stereocenters. The van der Waals surface area contributed by atoms with Crippen molar-refractivity contribution in [1.82, 2.24) is 0 Å². The van der Waals surface area contributed by atoms with Gasteiger partial charge in [-0.25, -0.2) is 13.6 Å². The number of rotatable bonds is 2. The molecule has 0 aromatic heterocycles. The van der Waals surface area contributed by atoms with Gasteiger partial charge in [-0.15, -0.1) is 0 Å². The summed E-state index contributed by atoms with van der Waals surface area (Å²) in [4.78, 5) is 13.5. The van der Waals surface area contributed by atoms with Gasteiger partial charge in [-0.3, -0.25) is 4.79 Å². The highest BCUT2D eigenvalue weighted by molar-refractivity contribution is 7.89. The van der Waals surface area contributed by atoms with Crippen molar-refractivity contribution < 1.29 is 17.9 Å². The Morgan fingerprint density at radius 3 is 2.53 bits per heavy atom. The number of nitrogens with zero attached hydrogens (tertiary/aromatic N) is 1. The van der Waals surface area contributed by atoms with Gasteiger partial charge in [-0.05, 0) is 24.1 Å². The van der Waals surface area contributed by atoms with Crippen LogP contribution >= 0.6 is 0 Å². The zero-order valence-electron chi connectivity index (χ0n) is 11.0. The van der Waals surface area contributed by atoms with Gasteiger partial charge in [0.2, 0.25) is 10.0 Å². The van der Waals surface area contributed by atoms with E-state index in [1.54, 1.807) is 7.05 Å². The van der Waals surface area contributed by atoms with Crippen LogP contribution in [0.3, 0.4) is 0 Å². The predicted octanol–water partition coefficient (Wildman–Crippen LogP) is 0.714. The summed E-state index contributed by atoms with van der Waals surface area (Å²) < 4.78 is 28.2. The third-order valence-corrected chi connectivity index (χ3v) is 3.96. The number of fused-ring (bicyclic) bond motifs is 1. The highest BCUT2D eigenvalue weighted by atomic mass is 32.2. The van der Waals surface area contributed by atoms with Crippen molar-refractivity contribution in [3.05, 3.63) is 18.2 Å². The molecule has 104 valence electrons. The first kappa shape index (κ1) is 13.8. The summed E-state index contributed by atoms with van der Waals surface area (Å²) in [5, 5.41) is 5.07. The molecule has 0 saturated carbocycles. The van der Waals surface area contributed by atoms with Crippen molar-refractivity contribution in [2.24, 2.45) is 11.1 Å². The van der Waals surface area contributed by atoms with Gasteiger partial charge in [0.15, 0.2) is 6.10 Å². The normalized spacial score (nSPS) is 19.3. The van der Waals surface area contributed by atoms with Crippen molar-refractivity contribution in [3.8, 4) is 5.75 Å². The lowest BCUT2D eigenvalue weighted by molar-refractivity contribution is -0.127. The number of hydrogen-bond acceptors (Lipinski definition) is 4. The summed E-state index contributed by atoms with van der Waals surface area (Å²) >= 11 is 0. The summed E-state index contributed by atoms with van der Waals surface area (Å²) in [6.45, 7) is 3.78. The Morgan fingerprint density at radius 1 is 1.37 bits per heavy atom. The van der Waals surface area contributed by atoms with Crippen LogP contribution in [0, 0.1) is 5.92 Å². The summed E-state index contributed by atoms with van der Waals surface area (Å²) in [6, 6.07) is 4.24. The van der Waals surface area contributed by atoms with Gasteiger partial charge in [-0.2, -0.15) is 0 Å². The zero-order chi connectivity index (χ0) is 14.4. The van der Waals surface area contributed by atoms with Crippen LogP contribution in [0.15, 0.2) is 23.1 Å². The van der Waals surface area contributed by atoms with Crippen LogP contribution in [0.2, 0.25) is 0 Å². The van der Waals surface area contributed by atoms with E-state index in [4.69, 9.17) is 9.88 Å². The highest BCUT2D eigenvalue weighted by Gasteiger charge is 2.34. The Hall–Kier alpha value is -1.60. The number of benzene rings is 1. The molecular weight excluding hydrogens is 268 g/mol. The Morgan fingerprint density at radius 2 is 2.00 bits per heavy atom. The maximum absolute atomic E-state index is 12.1. The molecule has 0 bridgehead atoms. The molecule has 0 spiro atoms. The standard InChI is InChI=1S/C12H16N2O4S/c1-7(2)11-12(15)14(3)9-6-8(19(13,16)17)4-5-10(9)18-11/h4-7,11H,1-3H3,(H2,13,16,17). The van der Waals surface area contributed by atoms with Crippen LogP contribution in [0.5, 0.6) is 5.75 Å². The minimum atomic E-state index is -3.80. The lowest BCUT2D eigenvalue weighted by Crippen LogP contribution is -2.46. The van der Waals surface area contributed by atoms with Gasteiger partial charge >= 0.3 is 0 Å². The Kier molecular flexibility index (Phi) is 3.27. The van der Waals surface area contributed by atoms with E-state index in [1.807, 2.05) is 13.8 Å². The summed E-state index contributed by atoms with van der Waals surface area (Å²) in [6.07, 6.45) is -0.558. The molecule has 1 aromatic rings. The third kappa shape index (κ3) is 2.43. The second-order valence-electron chi connectivity index (χ2n) is 4.85. The number of likely N-dealkylation sites (N-methyl/N-ethyl adjacent to an activating group) is 1. The Labute approximate surface area is 112 Å². The van der Waals surface area contributed by atoms with E-state index in [0.29, 0.717) is 11.4 Å². The van der Waals surface area contributed by atoms with E-state index < -0.39 is 16.1 Å². The number of primary sulfonamides is 1. The molecule has 7 heteroatoms. The van der Waals surface area contributed by atoms with Crippen LogP contribution in [0.4, 0.5) is 5.69 Å². The number of sulfonamides is 1. The van der Waals surface area contributed by atoms with Gasteiger partial charge in [0.1, 0.15) is 5.75 Å². The molecule has 0 fully saturated rings. The lowest BCUT2D eigenvalue weighted by atomic mass is 10.0. The van der Waals surface area contributed by atoms with Gasteiger partial charge in [0, 0.05) is 7.05 Å². The topological polar surface area (TPSA) is 89.7 Å². The smallest absolute Gasteiger partial charge is 0.268 e. The summed E-state index contributed by atoms with van der Waals surface area (Å²) in [5.41, 5.74) is 0.411. The number of nitrogens with two attached hydrogens (primary N) is 1. The molecule has 1 aliphatic rings. The number of amides is 1. The van der Waals surface area contributed by atoms with Gasteiger partial charge in [-0.1, -0.05) is 13.8 Å². The minimum absolute atomic E-state index is 0.0287. The second kappa shape index (κ2) is 4.50. The monoisotopic (exact) mass is 284 g/mol. The first-order valence-corrected chi connectivity index (χ1v) is 7.37. The summed E-state index contributed by atoms with van der Waals surface area (Å²) in [7, 11) is -2.21. The maximum atomic E-state index is 12.1. The number of anilines is 1. The molecule has 1 heterocycles. The summed E-state index contributed by atoms with van der Waals surface area (Å²) in [5.74, 6) is 0.309. The molecule has 0 saturated heterocycles. The predicted molar refractivity (Wildman–Crippen MR) is 70.5 cm³/mol. The van der Waals surface area contributed by atoms with Crippen molar-refractivity contribution in [3.63, 3.8) is 0 Å². The highest BCUT2D eigenvalue weighted by Crippen LogP contribution is 2.36. The number of ether oxygens (including phenoxy) is 1. The van der Waals surface area contributed by atoms with Crippen molar-refractivity contribution in [1.29, 1.82) is 0 Å². The number of carbonyl (C=O) groups excluding carboxylic acids is 1. The lowest BCUT2D eigenvalue weighted by Gasteiger charge is -2.33. The molecule has 1 atom stereocenters. The van der Waals surface area contributed by atoms with E-state index >= 15 is 0 Å². The average molecular weight is 284 g/mol. The van der Waals surface area contributed by atoms with E-state index in [-0.39, 0.29) is 16.7 Å². The zero-order valence-corrected chi connectivity index (χ0v) is 11.8. The molecule has 1 aliphatic heterocycles. The SMILES string of the molecule is CC(C)C1Oc2ccc(S(N)(=O)=O)cc2N(C)C1=O. The average Bonchev–Trinajstić information content (AvgIpc) is 2.31. The largest absolute Gasteiger partial charge is 0.478 e. The molecule has 0 radical (unpaired) electrons. The Bertz CT molecular complexity index is 625. The maximum Gasteiger partial charge on any atom is 0.268 e. The number of carbonyl (C=O) groups is 1. The second-order valence-corrected chi connectivity index (χ2v) is 6.42. The van der Waals surface area contributed by atoms with Crippen LogP contribution in [-0.2, 0) is 14.8 Å². The van der Waals surface area contributed by atoms with E-state index in [2.05, 4.69) is 0 Å². The molecule has 1 aromatic carbocycles. The van der Waals surface area contributed by atoms with E-state index in [0.717, 1.165) is 0 Å². The molecule has 2 N–H and O–H groups in total. The molecule has 2 rings (SSSR count). The molecule has 6 nitrogen and oxygen atoms in total. The molecular formula is C12H16N2O4S. The van der Waals surface area contributed by atoms with Crippen LogP contribution in [0.25, 0.3) is 0 Å².